The van der Waals surface area contributed by atoms with Gasteiger partial charge in [-0.25, -0.2) is 0 Å². The molecule has 0 radical (unpaired) electrons. The van der Waals surface area contributed by atoms with Crippen LogP contribution in [0.4, 0.5) is 5.88 Å². The van der Waals surface area contributed by atoms with Crippen molar-refractivity contribution in [2.45, 2.75) is 19.4 Å². The largest absolute Gasteiger partial charge is 0.433 e. The number of hydrogen-bond donors (Lipinski definition) is 1. The summed E-state index contributed by atoms with van der Waals surface area (Å²) < 4.78 is 5.07. The summed E-state index contributed by atoms with van der Waals surface area (Å²) in [4.78, 5) is 9.91. The first kappa shape index (κ1) is 12.4. The van der Waals surface area contributed by atoms with Crippen LogP contribution in [-0.2, 0) is 6.54 Å². The first-order valence-electron chi connectivity index (χ1n) is 5.77. The van der Waals surface area contributed by atoms with Crippen LogP contribution in [0.3, 0.4) is 0 Å². The summed E-state index contributed by atoms with van der Waals surface area (Å²) >= 11 is 2.01. The molecule has 0 amide bonds. The molecule has 0 spiro atoms. The van der Waals surface area contributed by atoms with Gasteiger partial charge in [-0.15, -0.1) is 0 Å². The molecule has 1 N–H and O–H groups in total. The average molecular weight is 256 g/mol. The summed E-state index contributed by atoms with van der Waals surface area (Å²) in [6.07, 6.45) is 2.52. The number of rotatable bonds is 5. The summed E-state index contributed by atoms with van der Waals surface area (Å²) in [5.41, 5.74) is 0. The van der Waals surface area contributed by atoms with E-state index < -0.39 is 4.92 Å². The van der Waals surface area contributed by atoms with Crippen LogP contribution < -0.4 is 5.32 Å². The summed E-state index contributed by atoms with van der Waals surface area (Å²) in [5, 5.41) is 13.7. The molecule has 1 fully saturated rings. The first-order chi connectivity index (χ1) is 8.25. The third-order valence-electron chi connectivity index (χ3n) is 2.90. The van der Waals surface area contributed by atoms with Crippen molar-refractivity contribution in [3.05, 3.63) is 28.0 Å². The van der Waals surface area contributed by atoms with Gasteiger partial charge in [0.15, 0.2) is 0 Å². The van der Waals surface area contributed by atoms with E-state index in [4.69, 9.17) is 4.42 Å². The van der Waals surface area contributed by atoms with Gasteiger partial charge < -0.3 is 9.73 Å². The Kier molecular flexibility index (Phi) is 4.44. The molecule has 0 aliphatic carbocycles. The molecule has 1 aliphatic rings. The highest BCUT2D eigenvalue weighted by molar-refractivity contribution is 7.99. The fourth-order valence-corrected chi connectivity index (χ4v) is 3.11. The maximum Gasteiger partial charge on any atom is 0.433 e. The number of hydrogen-bond acceptors (Lipinski definition) is 5. The molecule has 0 unspecified atom stereocenters. The van der Waals surface area contributed by atoms with E-state index in [1.54, 1.807) is 6.07 Å². The predicted octanol–water partition coefficient (Wildman–Crippen LogP) is 2.42. The van der Waals surface area contributed by atoms with Crippen molar-refractivity contribution < 1.29 is 9.34 Å². The summed E-state index contributed by atoms with van der Waals surface area (Å²) in [6.45, 7) is 1.53. The monoisotopic (exact) mass is 256 g/mol. The Bertz CT molecular complexity index is 375. The van der Waals surface area contributed by atoms with Gasteiger partial charge in [-0.1, -0.05) is 0 Å². The Morgan fingerprint density at radius 1 is 1.47 bits per heavy atom. The van der Waals surface area contributed by atoms with E-state index in [2.05, 4.69) is 5.32 Å². The molecule has 0 atom stereocenters. The SMILES string of the molecule is O=[N+]([O-])c1ccc(CNCC2CCSCC2)o1. The van der Waals surface area contributed by atoms with Crippen LogP contribution in [0.5, 0.6) is 0 Å². The molecule has 2 rings (SSSR count). The van der Waals surface area contributed by atoms with E-state index in [1.165, 1.54) is 30.4 Å². The van der Waals surface area contributed by atoms with Crippen LogP contribution in [0.25, 0.3) is 0 Å². The van der Waals surface area contributed by atoms with E-state index >= 15 is 0 Å². The number of nitrogens with one attached hydrogen (secondary N) is 1. The van der Waals surface area contributed by atoms with Crippen LogP contribution in [0.2, 0.25) is 0 Å². The van der Waals surface area contributed by atoms with E-state index in [-0.39, 0.29) is 5.88 Å². The standard InChI is InChI=1S/C11H16N2O3S/c14-13(15)11-2-1-10(16-11)8-12-7-9-3-5-17-6-4-9/h1-2,9,12H,3-8H2. The van der Waals surface area contributed by atoms with Gasteiger partial charge in [-0.2, -0.15) is 11.8 Å². The van der Waals surface area contributed by atoms with Crippen molar-refractivity contribution in [3.63, 3.8) is 0 Å². The summed E-state index contributed by atoms with van der Waals surface area (Å²) in [7, 11) is 0. The third kappa shape index (κ3) is 3.74. The molecule has 1 saturated heterocycles. The second-order valence-electron chi connectivity index (χ2n) is 4.18. The quantitative estimate of drug-likeness (QED) is 0.647. The second-order valence-corrected chi connectivity index (χ2v) is 5.41. The Labute approximate surface area is 104 Å². The van der Waals surface area contributed by atoms with Crippen molar-refractivity contribution in [3.8, 4) is 0 Å². The molecule has 2 heterocycles. The maximum absolute atomic E-state index is 10.4. The number of nitro groups is 1. The lowest BCUT2D eigenvalue weighted by molar-refractivity contribution is -0.402. The molecule has 5 nitrogen and oxygen atoms in total. The van der Waals surface area contributed by atoms with Crippen LogP contribution >= 0.6 is 11.8 Å². The minimum atomic E-state index is -0.512. The highest BCUT2D eigenvalue weighted by Gasteiger charge is 2.14. The fraction of sp³-hybridized carbons (Fsp3) is 0.636. The fourth-order valence-electron chi connectivity index (χ4n) is 1.91. The van der Waals surface area contributed by atoms with Crippen LogP contribution in [0.15, 0.2) is 16.5 Å². The zero-order valence-electron chi connectivity index (χ0n) is 9.55. The highest BCUT2D eigenvalue weighted by atomic mass is 32.2. The summed E-state index contributed by atoms with van der Waals surface area (Å²) in [5.74, 6) is 3.68. The Hall–Kier alpha value is -1.01. The van der Waals surface area contributed by atoms with E-state index in [0.29, 0.717) is 12.3 Å². The second kappa shape index (κ2) is 6.07. The molecule has 6 heteroatoms. The van der Waals surface area contributed by atoms with E-state index in [0.717, 1.165) is 12.5 Å². The molecular weight excluding hydrogens is 240 g/mol. The molecular formula is C11H16N2O3S. The molecule has 1 aromatic heterocycles. The lowest BCUT2D eigenvalue weighted by Gasteiger charge is -2.21. The van der Waals surface area contributed by atoms with Gasteiger partial charge in [0.05, 0.1) is 12.6 Å². The van der Waals surface area contributed by atoms with Crippen molar-refractivity contribution >= 4 is 17.6 Å². The minimum Gasteiger partial charge on any atom is -0.404 e. The predicted molar refractivity (Wildman–Crippen MR) is 67.1 cm³/mol. The average Bonchev–Trinajstić information content (AvgIpc) is 2.79. The van der Waals surface area contributed by atoms with Gasteiger partial charge in [-0.05, 0) is 42.9 Å². The van der Waals surface area contributed by atoms with Crippen LogP contribution in [-0.4, -0.2) is 23.0 Å². The van der Waals surface area contributed by atoms with Gasteiger partial charge in [0, 0.05) is 0 Å². The van der Waals surface area contributed by atoms with Crippen molar-refractivity contribution in [1.82, 2.24) is 5.32 Å². The molecule has 17 heavy (non-hydrogen) atoms. The van der Waals surface area contributed by atoms with Crippen molar-refractivity contribution in [1.29, 1.82) is 0 Å². The third-order valence-corrected chi connectivity index (χ3v) is 3.95. The number of nitrogens with zero attached hydrogens (tertiary/aromatic N) is 1. The Morgan fingerprint density at radius 2 is 2.24 bits per heavy atom. The van der Waals surface area contributed by atoms with Gasteiger partial charge in [-0.3, -0.25) is 10.1 Å². The summed E-state index contributed by atoms with van der Waals surface area (Å²) in [6, 6.07) is 3.05. The number of furan rings is 1. The molecule has 0 saturated carbocycles. The molecule has 94 valence electrons. The van der Waals surface area contributed by atoms with Gasteiger partial charge >= 0.3 is 5.88 Å². The normalized spacial score (nSPS) is 17.2. The van der Waals surface area contributed by atoms with Gasteiger partial charge in [0.2, 0.25) is 0 Å². The lowest BCUT2D eigenvalue weighted by Crippen LogP contribution is -2.25. The topological polar surface area (TPSA) is 68.3 Å². The Morgan fingerprint density at radius 3 is 2.88 bits per heavy atom. The molecule has 1 aliphatic heterocycles. The molecule has 1 aromatic rings. The lowest BCUT2D eigenvalue weighted by atomic mass is 10.0. The van der Waals surface area contributed by atoms with Crippen LogP contribution in [0, 0.1) is 16.0 Å². The molecule has 0 bridgehead atoms. The van der Waals surface area contributed by atoms with Gasteiger partial charge in [0.1, 0.15) is 10.7 Å². The van der Waals surface area contributed by atoms with E-state index in [1.807, 2.05) is 11.8 Å². The zero-order chi connectivity index (χ0) is 12.1. The highest BCUT2D eigenvalue weighted by Crippen LogP contribution is 2.22. The van der Waals surface area contributed by atoms with Crippen molar-refractivity contribution in [2.75, 3.05) is 18.1 Å². The van der Waals surface area contributed by atoms with E-state index in [9.17, 15) is 10.1 Å². The maximum atomic E-state index is 10.4. The Balaban J connectivity index is 1.71. The van der Waals surface area contributed by atoms with Crippen molar-refractivity contribution in [2.24, 2.45) is 5.92 Å². The molecule has 0 aromatic carbocycles. The minimum absolute atomic E-state index is 0.184. The van der Waals surface area contributed by atoms with Crippen LogP contribution in [0.1, 0.15) is 18.6 Å². The first-order valence-corrected chi connectivity index (χ1v) is 6.93. The zero-order valence-corrected chi connectivity index (χ0v) is 10.4. The van der Waals surface area contributed by atoms with Gasteiger partial charge in [0.25, 0.3) is 0 Å². The smallest absolute Gasteiger partial charge is 0.404 e. The number of thioether (sulfide) groups is 1.